The first-order chi connectivity index (χ1) is 14.3. The van der Waals surface area contributed by atoms with Crippen molar-refractivity contribution in [1.82, 2.24) is 0 Å². The fraction of sp³-hybridized carbons (Fsp3) is 0.636. The van der Waals surface area contributed by atoms with Crippen LogP contribution in [0.1, 0.15) is 84.9 Å². The summed E-state index contributed by atoms with van der Waals surface area (Å²) in [6.45, 7) is 0. The van der Waals surface area contributed by atoms with E-state index in [0.717, 1.165) is 38.5 Å². The summed E-state index contributed by atoms with van der Waals surface area (Å²) in [7, 11) is 0. The van der Waals surface area contributed by atoms with Crippen molar-refractivity contribution in [2.45, 2.75) is 88.0 Å². The number of rotatable bonds is 6. The maximum atomic E-state index is 12.5. The predicted octanol–water partition coefficient (Wildman–Crippen LogP) is 2.03. The van der Waals surface area contributed by atoms with Crippen LogP contribution in [-0.4, -0.2) is 56.1 Å². The van der Waals surface area contributed by atoms with Gasteiger partial charge in [-0.05, 0) is 75.6 Å². The molecule has 0 aromatic heterocycles. The Hall–Kier alpha value is -2.00. The van der Waals surface area contributed by atoms with Crippen molar-refractivity contribution in [3.05, 3.63) is 35.4 Å². The molecular formula is C22H30O8. The van der Waals surface area contributed by atoms with Crippen LogP contribution in [0.5, 0.6) is 0 Å². The highest BCUT2D eigenvalue weighted by atomic mass is 16.6. The molecule has 0 bridgehead atoms. The van der Waals surface area contributed by atoms with Gasteiger partial charge in [0.1, 0.15) is 0 Å². The van der Waals surface area contributed by atoms with Crippen LogP contribution in [0.15, 0.2) is 24.3 Å². The molecule has 8 heteroatoms. The van der Waals surface area contributed by atoms with Gasteiger partial charge in [-0.25, -0.2) is 9.59 Å². The summed E-state index contributed by atoms with van der Waals surface area (Å²) < 4.78 is 10.9. The van der Waals surface area contributed by atoms with Gasteiger partial charge in [0.25, 0.3) is 0 Å². The van der Waals surface area contributed by atoms with Crippen LogP contribution >= 0.6 is 0 Å². The van der Waals surface area contributed by atoms with Crippen molar-refractivity contribution in [1.29, 1.82) is 0 Å². The molecule has 0 heterocycles. The first kappa shape index (κ1) is 22.7. The third-order valence-corrected chi connectivity index (χ3v) is 6.29. The summed E-state index contributed by atoms with van der Waals surface area (Å²) in [5.74, 6) is -1.39. The minimum atomic E-state index is -1.76. The number of esters is 2. The van der Waals surface area contributed by atoms with E-state index in [-0.39, 0.29) is 11.1 Å². The maximum Gasteiger partial charge on any atom is 0.338 e. The number of benzene rings is 1. The summed E-state index contributed by atoms with van der Waals surface area (Å²) in [6, 6.07) is 5.62. The lowest BCUT2D eigenvalue weighted by Gasteiger charge is -2.38. The number of aliphatic hydroxyl groups excluding tert-OH is 2. The molecule has 3 rings (SSSR count). The lowest BCUT2D eigenvalue weighted by molar-refractivity contribution is -0.197. The van der Waals surface area contributed by atoms with Gasteiger partial charge in [-0.3, -0.25) is 0 Å². The summed E-state index contributed by atoms with van der Waals surface area (Å²) in [6.07, 6.45) is 2.89. The molecule has 2 fully saturated rings. The van der Waals surface area contributed by atoms with Crippen LogP contribution in [-0.2, 0) is 9.47 Å². The SMILES string of the molecule is O=C(OC1(C(O)O)CCCCC1)c1ccc(C(=O)OC2(C(O)O)CCCCC2)cc1. The highest BCUT2D eigenvalue weighted by molar-refractivity contribution is 5.93. The molecule has 4 N–H and O–H groups in total. The number of hydrogen-bond acceptors (Lipinski definition) is 8. The van der Waals surface area contributed by atoms with Gasteiger partial charge in [-0.1, -0.05) is 12.8 Å². The second-order valence-electron chi connectivity index (χ2n) is 8.35. The second-order valence-corrected chi connectivity index (χ2v) is 8.35. The van der Waals surface area contributed by atoms with E-state index in [4.69, 9.17) is 9.47 Å². The zero-order chi connectivity index (χ0) is 21.8. The van der Waals surface area contributed by atoms with Gasteiger partial charge in [-0.15, -0.1) is 0 Å². The van der Waals surface area contributed by atoms with Crippen LogP contribution < -0.4 is 0 Å². The predicted molar refractivity (Wildman–Crippen MR) is 105 cm³/mol. The molecule has 0 atom stereocenters. The van der Waals surface area contributed by atoms with E-state index in [2.05, 4.69) is 0 Å². The molecule has 0 radical (unpaired) electrons. The smallest absolute Gasteiger partial charge is 0.338 e. The number of ether oxygens (including phenoxy) is 2. The third-order valence-electron chi connectivity index (χ3n) is 6.29. The molecule has 1 aromatic carbocycles. The van der Waals surface area contributed by atoms with Crippen molar-refractivity contribution in [2.24, 2.45) is 0 Å². The number of aliphatic hydroxyl groups is 4. The van der Waals surface area contributed by atoms with Gasteiger partial charge in [0.05, 0.1) is 11.1 Å². The van der Waals surface area contributed by atoms with E-state index < -0.39 is 35.7 Å². The van der Waals surface area contributed by atoms with Crippen molar-refractivity contribution in [3.8, 4) is 0 Å². The van der Waals surface area contributed by atoms with Gasteiger partial charge in [0.15, 0.2) is 23.8 Å². The summed E-state index contributed by atoms with van der Waals surface area (Å²) >= 11 is 0. The van der Waals surface area contributed by atoms with Gasteiger partial charge in [0.2, 0.25) is 0 Å². The average Bonchev–Trinajstić information content (AvgIpc) is 2.75. The fourth-order valence-corrected chi connectivity index (χ4v) is 4.36. The van der Waals surface area contributed by atoms with Crippen LogP contribution in [0.4, 0.5) is 0 Å². The molecule has 0 amide bonds. The zero-order valence-corrected chi connectivity index (χ0v) is 17.0. The monoisotopic (exact) mass is 422 g/mol. The van der Waals surface area contributed by atoms with Gasteiger partial charge >= 0.3 is 11.9 Å². The standard InChI is InChI=1S/C22H30O8/c23-17(29-21(19(25)26)11-3-1-4-12-21)15-7-9-16(10-8-15)18(24)30-22(20(27)28)13-5-2-6-14-22/h7-10,19-20,25-28H,1-6,11-14H2. The minimum Gasteiger partial charge on any atom is -0.450 e. The van der Waals surface area contributed by atoms with Gasteiger partial charge in [-0.2, -0.15) is 0 Å². The summed E-state index contributed by atoms with van der Waals surface area (Å²) in [4.78, 5) is 25.1. The number of carbonyl (C=O) groups is 2. The van der Waals surface area contributed by atoms with Crippen molar-refractivity contribution < 1.29 is 39.5 Å². The van der Waals surface area contributed by atoms with Crippen molar-refractivity contribution in [3.63, 3.8) is 0 Å². The molecule has 2 saturated carbocycles. The Balaban J connectivity index is 1.68. The van der Waals surface area contributed by atoms with E-state index >= 15 is 0 Å². The van der Waals surface area contributed by atoms with Crippen molar-refractivity contribution >= 4 is 11.9 Å². The summed E-state index contributed by atoms with van der Waals surface area (Å²) in [5.41, 5.74) is -2.27. The van der Waals surface area contributed by atoms with E-state index in [9.17, 15) is 30.0 Å². The fourth-order valence-electron chi connectivity index (χ4n) is 4.36. The van der Waals surface area contributed by atoms with E-state index in [1.165, 1.54) is 24.3 Å². The molecule has 8 nitrogen and oxygen atoms in total. The number of hydrogen-bond donors (Lipinski definition) is 4. The molecule has 2 aliphatic carbocycles. The highest BCUT2D eigenvalue weighted by Crippen LogP contribution is 2.36. The Morgan fingerprint density at radius 1 is 0.633 bits per heavy atom. The van der Waals surface area contributed by atoms with E-state index in [1.807, 2.05) is 0 Å². The second kappa shape index (κ2) is 9.43. The first-order valence-corrected chi connectivity index (χ1v) is 10.6. The van der Waals surface area contributed by atoms with Crippen LogP contribution in [0, 0.1) is 0 Å². The third kappa shape index (κ3) is 4.83. The maximum absolute atomic E-state index is 12.5. The molecule has 0 saturated heterocycles. The molecular weight excluding hydrogens is 392 g/mol. The van der Waals surface area contributed by atoms with Gasteiger partial charge < -0.3 is 29.9 Å². The normalized spacial score (nSPS) is 20.7. The van der Waals surface area contributed by atoms with Crippen LogP contribution in [0.2, 0.25) is 0 Å². The number of carbonyl (C=O) groups excluding carboxylic acids is 2. The quantitative estimate of drug-likeness (QED) is 0.404. The molecule has 30 heavy (non-hydrogen) atoms. The van der Waals surface area contributed by atoms with Gasteiger partial charge in [0, 0.05) is 0 Å². The first-order valence-electron chi connectivity index (χ1n) is 10.6. The molecule has 2 aliphatic rings. The van der Waals surface area contributed by atoms with E-state index in [1.54, 1.807) is 0 Å². The van der Waals surface area contributed by atoms with E-state index in [0.29, 0.717) is 25.7 Å². The largest absolute Gasteiger partial charge is 0.450 e. The van der Waals surface area contributed by atoms with Crippen LogP contribution in [0.25, 0.3) is 0 Å². The Bertz CT molecular complexity index is 665. The molecule has 0 unspecified atom stereocenters. The molecule has 0 spiro atoms. The highest BCUT2D eigenvalue weighted by Gasteiger charge is 2.43. The van der Waals surface area contributed by atoms with Crippen molar-refractivity contribution in [2.75, 3.05) is 0 Å². The lowest BCUT2D eigenvalue weighted by Crippen LogP contribution is -2.48. The Kier molecular flexibility index (Phi) is 7.13. The molecule has 166 valence electrons. The Labute approximate surface area is 175 Å². The lowest BCUT2D eigenvalue weighted by atomic mass is 9.84. The Morgan fingerprint density at radius 3 is 1.20 bits per heavy atom. The average molecular weight is 422 g/mol. The topological polar surface area (TPSA) is 134 Å². The minimum absolute atomic E-state index is 0.173. The molecule has 0 aliphatic heterocycles. The van der Waals surface area contributed by atoms with Crippen LogP contribution in [0.3, 0.4) is 0 Å². The zero-order valence-electron chi connectivity index (χ0n) is 17.0. The Morgan fingerprint density at radius 2 is 0.933 bits per heavy atom. The molecule has 1 aromatic rings. The summed E-state index contributed by atoms with van der Waals surface area (Å²) in [5, 5.41) is 39.0.